The first-order valence-electron chi connectivity index (χ1n) is 7.16. The Balaban J connectivity index is 1.63. The van der Waals surface area contributed by atoms with E-state index in [1.54, 1.807) is 0 Å². The first-order valence-corrected chi connectivity index (χ1v) is 7.16. The van der Waals surface area contributed by atoms with Gasteiger partial charge in [-0.25, -0.2) is 0 Å². The largest absolute Gasteiger partial charge is 0.399 e. The molecule has 1 atom stereocenters. The van der Waals surface area contributed by atoms with Crippen molar-refractivity contribution in [3.05, 3.63) is 23.8 Å². The van der Waals surface area contributed by atoms with E-state index in [4.69, 9.17) is 5.73 Å². The SMILES string of the molecule is Nc1ccc2c(c1)N1CCN(C(=O)C3CC3)C(C2)C1. The highest BCUT2D eigenvalue weighted by atomic mass is 16.2. The van der Waals surface area contributed by atoms with Crippen LogP contribution in [0.1, 0.15) is 18.4 Å². The van der Waals surface area contributed by atoms with Crippen LogP contribution in [0.3, 0.4) is 0 Å². The second kappa shape index (κ2) is 3.89. The fourth-order valence-electron chi connectivity index (χ4n) is 3.41. The molecule has 2 bridgehead atoms. The number of rotatable bonds is 1. The van der Waals surface area contributed by atoms with Gasteiger partial charge in [-0.1, -0.05) is 6.07 Å². The molecular weight excluding hydrogens is 238 g/mol. The van der Waals surface area contributed by atoms with Crippen LogP contribution in [0.15, 0.2) is 18.2 Å². The third-order valence-electron chi connectivity index (χ3n) is 4.60. The van der Waals surface area contributed by atoms with Crippen LogP contribution >= 0.6 is 0 Å². The van der Waals surface area contributed by atoms with E-state index in [-0.39, 0.29) is 0 Å². The van der Waals surface area contributed by atoms with Crippen LogP contribution in [0.5, 0.6) is 0 Å². The molecule has 1 aromatic rings. The van der Waals surface area contributed by atoms with E-state index < -0.39 is 0 Å². The molecule has 0 aromatic heterocycles. The predicted molar refractivity (Wildman–Crippen MR) is 75.0 cm³/mol. The van der Waals surface area contributed by atoms with Crippen molar-refractivity contribution >= 4 is 17.3 Å². The number of nitrogens with zero attached hydrogens (tertiary/aromatic N) is 2. The number of benzene rings is 1. The Morgan fingerprint density at radius 1 is 1.26 bits per heavy atom. The number of amides is 1. The summed E-state index contributed by atoms with van der Waals surface area (Å²) in [5.74, 6) is 0.725. The molecule has 4 rings (SSSR count). The molecule has 1 amide bonds. The summed E-state index contributed by atoms with van der Waals surface area (Å²) in [6.07, 6.45) is 3.17. The number of nitrogens with two attached hydrogens (primary N) is 1. The maximum Gasteiger partial charge on any atom is 0.226 e. The van der Waals surface area contributed by atoms with Crippen LogP contribution in [-0.2, 0) is 11.2 Å². The van der Waals surface area contributed by atoms with Gasteiger partial charge < -0.3 is 15.5 Å². The Bertz CT molecular complexity index is 538. The smallest absolute Gasteiger partial charge is 0.226 e. The molecular formula is C15H19N3O. The van der Waals surface area contributed by atoms with Crippen molar-refractivity contribution in [3.63, 3.8) is 0 Å². The molecule has 4 heteroatoms. The van der Waals surface area contributed by atoms with Crippen molar-refractivity contribution in [2.24, 2.45) is 5.92 Å². The van der Waals surface area contributed by atoms with Gasteiger partial charge in [-0.15, -0.1) is 0 Å². The monoisotopic (exact) mass is 257 g/mol. The fourth-order valence-corrected chi connectivity index (χ4v) is 3.41. The normalized spacial score (nSPS) is 25.2. The second-order valence-electron chi connectivity index (χ2n) is 6.00. The third kappa shape index (κ3) is 1.78. The number of hydrogen-bond donors (Lipinski definition) is 1. The van der Waals surface area contributed by atoms with Gasteiger partial charge in [-0.3, -0.25) is 4.79 Å². The lowest BCUT2D eigenvalue weighted by Crippen LogP contribution is -2.58. The van der Waals surface area contributed by atoms with Gasteiger partial charge in [0.15, 0.2) is 0 Å². The molecule has 2 N–H and O–H groups in total. The molecule has 0 radical (unpaired) electrons. The maximum atomic E-state index is 12.3. The number of carbonyl (C=O) groups is 1. The number of carbonyl (C=O) groups excluding carboxylic acids is 1. The minimum atomic E-state index is 0.333. The highest BCUT2D eigenvalue weighted by molar-refractivity contribution is 5.82. The minimum absolute atomic E-state index is 0.333. The Morgan fingerprint density at radius 2 is 2.11 bits per heavy atom. The van der Waals surface area contributed by atoms with Crippen molar-refractivity contribution in [1.82, 2.24) is 4.90 Å². The van der Waals surface area contributed by atoms with Crippen LogP contribution in [0.4, 0.5) is 11.4 Å². The molecule has 2 aliphatic heterocycles. The van der Waals surface area contributed by atoms with Crippen molar-refractivity contribution in [3.8, 4) is 0 Å². The van der Waals surface area contributed by atoms with Gasteiger partial charge in [0.1, 0.15) is 0 Å². The second-order valence-corrected chi connectivity index (χ2v) is 6.00. The van der Waals surface area contributed by atoms with Crippen LogP contribution in [0.2, 0.25) is 0 Å². The van der Waals surface area contributed by atoms with Gasteiger partial charge in [0.05, 0.1) is 6.04 Å². The lowest BCUT2D eigenvalue weighted by atomic mass is 9.94. The van der Waals surface area contributed by atoms with Gasteiger partial charge in [0.25, 0.3) is 0 Å². The molecule has 2 fully saturated rings. The van der Waals surface area contributed by atoms with Gasteiger partial charge >= 0.3 is 0 Å². The van der Waals surface area contributed by atoms with Crippen LogP contribution in [0, 0.1) is 5.92 Å². The summed E-state index contributed by atoms with van der Waals surface area (Å²) < 4.78 is 0. The Labute approximate surface area is 113 Å². The number of fused-ring (bicyclic) bond motifs is 4. The molecule has 1 saturated carbocycles. The van der Waals surface area contributed by atoms with Crippen molar-refractivity contribution < 1.29 is 4.79 Å². The quantitative estimate of drug-likeness (QED) is 0.770. The zero-order valence-electron chi connectivity index (χ0n) is 11.0. The van der Waals surface area contributed by atoms with Crippen LogP contribution in [-0.4, -0.2) is 36.5 Å². The van der Waals surface area contributed by atoms with E-state index in [1.807, 2.05) is 6.07 Å². The zero-order valence-corrected chi connectivity index (χ0v) is 11.0. The fraction of sp³-hybridized carbons (Fsp3) is 0.533. The summed E-state index contributed by atoms with van der Waals surface area (Å²) in [5, 5.41) is 0. The molecule has 1 aliphatic carbocycles. The molecule has 100 valence electrons. The van der Waals surface area contributed by atoms with E-state index in [0.29, 0.717) is 17.9 Å². The molecule has 4 nitrogen and oxygen atoms in total. The first-order chi connectivity index (χ1) is 9.22. The van der Waals surface area contributed by atoms with E-state index in [1.165, 1.54) is 11.3 Å². The van der Waals surface area contributed by atoms with E-state index in [9.17, 15) is 4.79 Å². The Hall–Kier alpha value is -1.71. The van der Waals surface area contributed by atoms with Gasteiger partial charge in [0.2, 0.25) is 5.91 Å². The number of anilines is 2. The third-order valence-corrected chi connectivity index (χ3v) is 4.60. The predicted octanol–water partition coefficient (Wildman–Crippen LogP) is 1.25. The van der Waals surface area contributed by atoms with E-state index >= 15 is 0 Å². The summed E-state index contributed by atoms with van der Waals surface area (Å²) in [7, 11) is 0. The molecule has 19 heavy (non-hydrogen) atoms. The van der Waals surface area contributed by atoms with Crippen molar-refractivity contribution in [2.75, 3.05) is 30.3 Å². The lowest BCUT2D eigenvalue weighted by Gasteiger charge is -2.47. The highest BCUT2D eigenvalue weighted by Crippen LogP contribution is 2.36. The number of nitrogen functional groups attached to an aromatic ring is 1. The first kappa shape index (κ1) is 11.1. The number of hydrogen-bond acceptors (Lipinski definition) is 3. The molecule has 1 unspecified atom stereocenters. The Morgan fingerprint density at radius 3 is 2.89 bits per heavy atom. The number of piperazine rings is 1. The van der Waals surface area contributed by atoms with E-state index in [0.717, 1.165) is 44.6 Å². The molecule has 2 heterocycles. The summed E-state index contributed by atoms with van der Waals surface area (Å²) in [4.78, 5) is 16.8. The summed E-state index contributed by atoms with van der Waals surface area (Å²) >= 11 is 0. The standard InChI is InChI=1S/C15H19N3O/c16-12-4-3-11-7-13-9-17(14(11)8-12)5-6-18(13)15(19)10-1-2-10/h3-4,8,10,13H,1-2,5-7,9,16H2. The van der Waals surface area contributed by atoms with Crippen molar-refractivity contribution in [1.29, 1.82) is 0 Å². The summed E-state index contributed by atoms with van der Waals surface area (Å²) in [6, 6.07) is 6.52. The van der Waals surface area contributed by atoms with Gasteiger partial charge in [-0.2, -0.15) is 0 Å². The highest BCUT2D eigenvalue weighted by Gasteiger charge is 2.40. The van der Waals surface area contributed by atoms with E-state index in [2.05, 4.69) is 21.9 Å². The van der Waals surface area contributed by atoms with Crippen LogP contribution < -0.4 is 10.6 Å². The molecule has 3 aliphatic rings. The summed E-state index contributed by atoms with van der Waals surface area (Å²) in [6.45, 7) is 2.77. The average molecular weight is 257 g/mol. The minimum Gasteiger partial charge on any atom is -0.399 e. The van der Waals surface area contributed by atoms with Gasteiger partial charge in [0, 0.05) is 36.9 Å². The molecule has 1 aromatic carbocycles. The maximum absolute atomic E-state index is 12.3. The Kier molecular flexibility index (Phi) is 2.28. The molecule has 1 saturated heterocycles. The van der Waals surface area contributed by atoms with Gasteiger partial charge in [-0.05, 0) is 37.0 Å². The van der Waals surface area contributed by atoms with Crippen LogP contribution in [0.25, 0.3) is 0 Å². The summed E-state index contributed by atoms with van der Waals surface area (Å²) in [5.41, 5.74) is 9.32. The average Bonchev–Trinajstić information content (AvgIpc) is 3.24. The topological polar surface area (TPSA) is 49.6 Å². The van der Waals surface area contributed by atoms with Crippen molar-refractivity contribution in [2.45, 2.75) is 25.3 Å². The zero-order chi connectivity index (χ0) is 13.0. The molecule has 0 spiro atoms. The lowest BCUT2D eigenvalue weighted by molar-refractivity contribution is -0.135.